The van der Waals surface area contributed by atoms with Crippen molar-refractivity contribution in [3.05, 3.63) is 54.4 Å². The van der Waals surface area contributed by atoms with Gasteiger partial charge in [0.15, 0.2) is 0 Å². The van der Waals surface area contributed by atoms with E-state index in [0.29, 0.717) is 25.8 Å². The number of hydrogen-bond acceptors (Lipinski definition) is 6. The van der Waals surface area contributed by atoms with E-state index in [2.05, 4.69) is 20.9 Å². The van der Waals surface area contributed by atoms with E-state index in [0.717, 1.165) is 23.0 Å². The van der Waals surface area contributed by atoms with E-state index in [9.17, 15) is 24.0 Å². The molecule has 0 bridgehead atoms. The summed E-state index contributed by atoms with van der Waals surface area (Å²) in [5, 5.41) is 8.51. The highest BCUT2D eigenvalue weighted by Crippen LogP contribution is 2.23. The van der Waals surface area contributed by atoms with Gasteiger partial charge in [0, 0.05) is 31.8 Å². The normalized spacial score (nSPS) is 25.6. The summed E-state index contributed by atoms with van der Waals surface area (Å²) in [7, 11) is 0. The van der Waals surface area contributed by atoms with Gasteiger partial charge in [-0.1, -0.05) is 37.3 Å². The van der Waals surface area contributed by atoms with Crippen molar-refractivity contribution in [3.63, 3.8) is 0 Å². The summed E-state index contributed by atoms with van der Waals surface area (Å²) in [6.45, 7) is 3.77. The van der Waals surface area contributed by atoms with Gasteiger partial charge >= 0.3 is 0 Å². The van der Waals surface area contributed by atoms with Crippen LogP contribution >= 0.6 is 0 Å². The van der Waals surface area contributed by atoms with E-state index >= 15 is 0 Å². The van der Waals surface area contributed by atoms with E-state index in [-0.39, 0.29) is 31.6 Å². The second-order valence-electron chi connectivity index (χ2n) is 10.7. The number of carbonyl (C=O) groups is 5. The largest absolute Gasteiger partial charge is 0.343 e. The Balaban J connectivity index is 1.62. The minimum absolute atomic E-state index is 0.227. The zero-order valence-corrected chi connectivity index (χ0v) is 23.0. The third-order valence-corrected chi connectivity index (χ3v) is 7.89. The number of nitrogens with zero attached hydrogens (tertiary/aromatic N) is 2. The first-order chi connectivity index (χ1) is 19.3. The molecular weight excluding hydrogens is 510 g/mol. The Hall–Kier alpha value is -4.08. The summed E-state index contributed by atoms with van der Waals surface area (Å²) in [4.78, 5) is 70.6. The molecule has 10 nitrogen and oxygen atoms in total. The van der Waals surface area contributed by atoms with Gasteiger partial charge in [0.25, 0.3) is 0 Å². The number of pyridine rings is 1. The van der Waals surface area contributed by atoms with Crippen LogP contribution in [-0.4, -0.2) is 70.0 Å². The van der Waals surface area contributed by atoms with Crippen LogP contribution in [0, 0.1) is 0 Å². The highest BCUT2D eigenvalue weighted by atomic mass is 16.2. The molecule has 2 aromatic rings. The molecule has 1 aromatic heterocycles. The number of aromatic nitrogens is 1. The number of hydrogen-bond donors (Lipinski definition) is 3. The van der Waals surface area contributed by atoms with Crippen LogP contribution in [0.25, 0.3) is 11.1 Å². The minimum atomic E-state index is -1.31. The lowest BCUT2D eigenvalue weighted by Gasteiger charge is -2.35. The van der Waals surface area contributed by atoms with Crippen LogP contribution in [0.1, 0.15) is 57.9 Å². The molecule has 2 saturated heterocycles. The molecule has 3 heterocycles. The van der Waals surface area contributed by atoms with Crippen molar-refractivity contribution in [2.75, 3.05) is 6.54 Å². The zero-order valence-electron chi connectivity index (χ0n) is 23.0. The summed E-state index contributed by atoms with van der Waals surface area (Å²) >= 11 is 0. The lowest BCUT2D eigenvalue weighted by molar-refractivity contribution is -0.144. The average molecular weight is 548 g/mol. The number of amides is 4. The summed E-state index contributed by atoms with van der Waals surface area (Å²) in [6, 6.07) is 8.97. The van der Waals surface area contributed by atoms with Crippen molar-refractivity contribution in [2.45, 2.75) is 82.5 Å². The number of carbonyl (C=O) groups excluding carboxylic acids is 5. The fourth-order valence-electron chi connectivity index (χ4n) is 5.23. The van der Waals surface area contributed by atoms with Gasteiger partial charge < -0.3 is 25.6 Å². The highest BCUT2D eigenvalue weighted by molar-refractivity contribution is 5.99. The van der Waals surface area contributed by atoms with Crippen molar-refractivity contribution in [2.24, 2.45) is 0 Å². The average Bonchev–Trinajstić information content (AvgIpc) is 3.46. The molecule has 40 heavy (non-hydrogen) atoms. The van der Waals surface area contributed by atoms with Crippen molar-refractivity contribution in [1.82, 2.24) is 25.8 Å². The quantitative estimate of drug-likeness (QED) is 0.341. The Morgan fingerprint density at radius 3 is 2.48 bits per heavy atom. The molecule has 2 aliphatic rings. The van der Waals surface area contributed by atoms with Gasteiger partial charge in [-0.05, 0) is 61.8 Å². The van der Waals surface area contributed by atoms with Gasteiger partial charge in [0.1, 0.15) is 30.0 Å². The fraction of sp³-hybridized carbons (Fsp3) is 0.467. The predicted octanol–water partition coefficient (Wildman–Crippen LogP) is 1.92. The second kappa shape index (κ2) is 12.8. The van der Waals surface area contributed by atoms with Crippen LogP contribution in [0.4, 0.5) is 0 Å². The van der Waals surface area contributed by atoms with E-state index in [1.54, 1.807) is 26.2 Å². The van der Waals surface area contributed by atoms with Crippen molar-refractivity contribution in [3.8, 4) is 11.1 Å². The minimum Gasteiger partial charge on any atom is -0.343 e. The van der Waals surface area contributed by atoms with Crippen LogP contribution in [0.15, 0.2) is 48.8 Å². The molecule has 212 valence electrons. The molecule has 2 aliphatic heterocycles. The number of benzene rings is 1. The molecule has 4 rings (SSSR count). The van der Waals surface area contributed by atoms with Crippen molar-refractivity contribution in [1.29, 1.82) is 0 Å². The Kier molecular flexibility index (Phi) is 9.29. The van der Waals surface area contributed by atoms with Gasteiger partial charge in [-0.2, -0.15) is 0 Å². The lowest BCUT2D eigenvalue weighted by Crippen LogP contribution is -2.65. The van der Waals surface area contributed by atoms with E-state index in [1.165, 1.54) is 4.90 Å². The standard InChI is InChI=1S/C30H37N5O5/c1-3-30(2)29(40)33-24(18-20-11-13-21(14-12-20)22-8-6-15-31-19-22)28(39)35-16-7-10-25(35)27(38)32-23(26(37)34-30)9-4-5-17-36/h6,8,11-15,17,19,23-25H,3-5,7,9-10,16,18H2,1-2H3,(H,32,38)(H,33,40)(H,34,37)/t23-,24-,25+,30-/m0/s1. The van der Waals surface area contributed by atoms with Gasteiger partial charge in [-0.15, -0.1) is 0 Å². The molecule has 10 heteroatoms. The fourth-order valence-corrected chi connectivity index (χ4v) is 5.23. The summed E-state index contributed by atoms with van der Waals surface area (Å²) < 4.78 is 0. The molecule has 0 unspecified atom stereocenters. The monoisotopic (exact) mass is 547 g/mol. The molecule has 1 aromatic carbocycles. The smallest absolute Gasteiger partial charge is 0.246 e. The first kappa shape index (κ1) is 28.9. The zero-order chi connectivity index (χ0) is 28.7. The molecule has 4 amide bonds. The first-order valence-corrected chi connectivity index (χ1v) is 13.9. The number of nitrogens with one attached hydrogen (secondary N) is 3. The maximum Gasteiger partial charge on any atom is 0.246 e. The molecule has 2 fully saturated rings. The van der Waals surface area contributed by atoms with Crippen LogP contribution in [0.3, 0.4) is 0 Å². The third kappa shape index (κ3) is 6.55. The maximum absolute atomic E-state index is 13.9. The van der Waals surface area contributed by atoms with Crippen LogP contribution in [0.2, 0.25) is 0 Å². The van der Waals surface area contributed by atoms with Crippen LogP contribution in [-0.2, 0) is 30.4 Å². The van der Waals surface area contributed by atoms with Gasteiger partial charge in [0.05, 0.1) is 0 Å². The number of aldehydes is 1. The van der Waals surface area contributed by atoms with Crippen molar-refractivity contribution < 1.29 is 24.0 Å². The number of unbranched alkanes of at least 4 members (excludes halogenated alkanes) is 1. The number of rotatable bonds is 8. The first-order valence-electron chi connectivity index (χ1n) is 13.9. The topological polar surface area (TPSA) is 138 Å². The predicted molar refractivity (Wildman–Crippen MR) is 149 cm³/mol. The maximum atomic E-state index is 13.9. The third-order valence-electron chi connectivity index (χ3n) is 7.89. The molecule has 3 N–H and O–H groups in total. The van der Waals surface area contributed by atoms with Gasteiger partial charge in [-0.25, -0.2) is 0 Å². The second-order valence-corrected chi connectivity index (χ2v) is 10.7. The van der Waals surface area contributed by atoms with Crippen LogP contribution < -0.4 is 16.0 Å². The SMILES string of the molecule is CC[C@]1(C)NC(=O)[C@H](CCCC=O)NC(=O)[C@H]2CCCN2C(=O)[C@H](Cc2ccc(-c3cccnc3)cc2)NC1=O. The Labute approximate surface area is 234 Å². The van der Waals surface area contributed by atoms with E-state index < -0.39 is 41.4 Å². The molecule has 0 spiro atoms. The molecule has 0 saturated carbocycles. The Bertz CT molecular complexity index is 1230. The molecule has 4 atom stereocenters. The highest BCUT2D eigenvalue weighted by Gasteiger charge is 2.43. The number of fused-ring (bicyclic) bond motifs is 1. The summed E-state index contributed by atoms with van der Waals surface area (Å²) in [6.07, 6.45) is 6.76. The van der Waals surface area contributed by atoms with E-state index in [1.807, 2.05) is 36.4 Å². The Morgan fingerprint density at radius 2 is 1.80 bits per heavy atom. The summed E-state index contributed by atoms with van der Waals surface area (Å²) in [5.41, 5.74) is 1.48. The van der Waals surface area contributed by atoms with Gasteiger partial charge in [-0.3, -0.25) is 24.2 Å². The molecular formula is C30H37N5O5. The lowest BCUT2D eigenvalue weighted by atomic mass is 9.94. The molecule has 0 radical (unpaired) electrons. The molecule has 0 aliphatic carbocycles. The van der Waals surface area contributed by atoms with Crippen LogP contribution in [0.5, 0.6) is 0 Å². The van der Waals surface area contributed by atoms with E-state index in [4.69, 9.17) is 0 Å². The summed E-state index contributed by atoms with van der Waals surface area (Å²) in [5.74, 6) is -1.69. The van der Waals surface area contributed by atoms with Gasteiger partial charge in [0.2, 0.25) is 23.6 Å². The van der Waals surface area contributed by atoms with Crippen molar-refractivity contribution >= 4 is 29.9 Å². The Morgan fingerprint density at radius 1 is 1.02 bits per heavy atom.